The van der Waals surface area contributed by atoms with Gasteiger partial charge in [0.1, 0.15) is 0 Å². The SMILES string of the molecule is Cc1cccnc1CC(Cl)c1cc(Cl)sc1Cl. The summed E-state index contributed by atoms with van der Waals surface area (Å²) in [4.78, 5) is 4.32. The predicted molar refractivity (Wildman–Crippen MR) is 75.6 cm³/mol. The average Bonchev–Trinajstić information content (AvgIpc) is 2.61. The van der Waals surface area contributed by atoms with Gasteiger partial charge in [0.15, 0.2) is 0 Å². The molecule has 0 radical (unpaired) electrons. The Hall–Kier alpha value is -0.280. The first-order chi connectivity index (χ1) is 8.08. The zero-order chi connectivity index (χ0) is 12.4. The van der Waals surface area contributed by atoms with Gasteiger partial charge in [-0.1, -0.05) is 29.3 Å². The number of nitrogens with zero attached hydrogens (tertiary/aromatic N) is 1. The fourth-order valence-corrected chi connectivity index (χ4v) is 3.60. The number of rotatable bonds is 3. The molecule has 2 aromatic heterocycles. The van der Waals surface area contributed by atoms with E-state index in [0.29, 0.717) is 15.1 Å². The van der Waals surface area contributed by atoms with Crippen molar-refractivity contribution in [1.82, 2.24) is 4.98 Å². The molecule has 1 unspecified atom stereocenters. The van der Waals surface area contributed by atoms with Gasteiger partial charge in [0.05, 0.1) is 14.0 Å². The maximum atomic E-state index is 6.35. The van der Waals surface area contributed by atoms with Gasteiger partial charge >= 0.3 is 0 Å². The first kappa shape index (κ1) is 13.2. The zero-order valence-electron chi connectivity index (χ0n) is 9.08. The lowest BCUT2D eigenvalue weighted by molar-refractivity contribution is 0.873. The number of aromatic nitrogens is 1. The molecule has 0 aliphatic rings. The van der Waals surface area contributed by atoms with Crippen LogP contribution < -0.4 is 0 Å². The molecule has 2 aromatic rings. The minimum absolute atomic E-state index is 0.195. The van der Waals surface area contributed by atoms with E-state index in [9.17, 15) is 0 Å². The Balaban J connectivity index is 2.20. The van der Waals surface area contributed by atoms with Crippen molar-refractivity contribution in [2.24, 2.45) is 0 Å². The van der Waals surface area contributed by atoms with Crippen molar-refractivity contribution in [3.63, 3.8) is 0 Å². The molecule has 1 atom stereocenters. The molecule has 5 heteroatoms. The van der Waals surface area contributed by atoms with Crippen molar-refractivity contribution in [3.8, 4) is 0 Å². The molecule has 0 spiro atoms. The van der Waals surface area contributed by atoms with Gasteiger partial charge in [-0.2, -0.15) is 0 Å². The van der Waals surface area contributed by atoms with E-state index >= 15 is 0 Å². The summed E-state index contributed by atoms with van der Waals surface area (Å²) < 4.78 is 1.32. The Kier molecular flexibility index (Phi) is 4.31. The molecule has 0 aliphatic carbocycles. The van der Waals surface area contributed by atoms with Crippen LogP contribution in [0.15, 0.2) is 24.4 Å². The van der Waals surface area contributed by atoms with E-state index in [1.165, 1.54) is 11.3 Å². The number of hydrogen-bond acceptors (Lipinski definition) is 2. The average molecular weight is 307 g/mol. The third-order valence-corrected chi connectivity index (χ3v) is 4.42. The Morgan fingerprint density at radius 3 is 2.76 bits per heavy atom. The van der Waals surface area contributed by atoms with Crippen LogP contribution in [-0.4, -0.2) is 4.98 Å². The summed E-state index contributed by atoms with van der Waals surface area (Å²) in [5.41, 5.74) is 3.01. The van der Waals surface area contributed by atoms with Gasteiger partial charge in [0.25, 0.3) is 0 Å². The second-order valence-electron chi connectivity index (χ2n) is 3.72. The van der Waals surface area contributed by atoms with Crippen LogP contribution in [0, 0.1) is 6.92 Å². The number of hydrogen-bond donors (Lipinski definition) is 0. The molecular formula is C12H10Cl3NS. The quantitative estimate of drug-likeness (QED) is 0.703. The fourth-order valence-electron chi connectivity index (χ4n) is 1.58. The maximum Gasteiger partial charge on any atom is 0.0991 e. The molecule has 0 amide bonds. The van der Waals surface area contributed by atoms with Crippen LogP contribution in [-0.2, 0) is 6.42 Å². The van der Waals surface area contributed by atoms with Gasteiger partial charge in [-0.05, 0) is 24.6 Å². The van der Waals surface area contributed by atoms with Gasteiger partial charge < -0.3 is 0 Å². The molecule has 17 heavy (non-hydrogen) atoms. The zero-order valence-corrected chi connectivity index (χ0v) is 12.2. The Bertz CT molecular complexity index is 524. The van der Waals surface area contributed by atoms with Crippen molar-refractivity contribution < 1.29 is 0 Å². The lowest BCUT2D eigenvalue weighted by atomic mass is 10.1. The Morgan fingerprint density at radius 1 is 1.41 bits per heavy atom. The van der Waals surface area contributed by atoms with Gasteiger partial charge in [-0.25, -0.2) is 0 Å². The second-order valence-corrected chi connectivity index (χ2v) is 6.53. The lowest BCUT2D eigenvalue weighted by Gasteiger charge is -2.09. The van der Waals surface area contributed by atoms with E-state index in [-0.39, 0.29) is 5.38 Å². The number of aryl methyl sites for hydroxylation is 1. The minimum atomic E-state index is -0.195. The van der Waals surface area contributed by atoms with Crippen molar-refractivity contribution in [3.05, 3.63) is 49.9 Å². The molecular weight excluding hydrogens is 297 g/mol. The largest absolute Gasteiger partial charge is 0.261 e. The molecule has 1 nitrogen and oxygen atoms in total. The van der Waals surface area contributed by atoms with Gasteiger partial charge in [-0.15, -0.1) is 22.9 Å². The highest BCUT2D eigenvalue weighted by atomic mass is 35.5. The van der Waals surface area contributed by atoms with E-state index < -0.39 is 0 Å². The lowest BCUT2D eigenvalue weighted by Crippen LogP contribution is -1.99. The normalized spacial score (nSPS) is 12.7. The van der Waals surface area contributed by atoms with Gasteiger partial charge in [0.2, 0.25) is 0 Å². The van der Waals surface area contributed by atoms with Crippen molar-refractivity contribution in [2.45, 2.75) is 18.7 Å². The standard InChI is InChI=1S/C12H10Cl3NS/c1-7-3-2-4-16-10(7)6-9(13)8-5-11(14)17-12(8)15/h2-5,9H,6H2,1H3. The van der Waals surface area contributed by atoms with Crippen LogP contribution in [0.3, 0.4) is 0 Å². The summed E-state index contributed by atoms with van der Waals surface area (Å²) in [6.07, 6.45) is 2.43. The molecule has 2 rings (SSSR count). The summed E-state index contributed by atoms with van der Waals surface area (Å²) in [6.45, 7) is 2.02. The van der Waals surface area contributed by atoms with Gasteiger partial charge in [-0.3, -0.25) is 4.98 Å². The third kappa shape index (κ3) is 3.14. The molecule has 0 bridgehead atoms. The summed E-state index contributed by atoms with van der Waals surface area (Å²) >= 11 is 19.7. The smallest absolute Gasteiger partial charge is 0.0991 e. The third-order valence-electron chi connectivity index (χ3n) is 2.51. The van der Waals surface area contributed by atoms with E-state index in [2.05, 4.69) is 4.98 Å². The van der Waals surface area contributed by atoms with Crippen molar-refractivity contribution in [2.75, 3.05) is 0 Å². The van der Waals surface area contributed by atoms with Crippen LogP contribution in [0.4, 0.5) is 0 Å². The Morgan fingerprint density at radius 2 is 2.18 bits per heavy atom. The number of pyridine rings is 1. The summed E-state index contributed by atoms with van der Waals surface area (Å²) in [5, 5.41) is -0.195. The number of halogens is 3. The van der Waals surface area contributed by atoms with Gasteiger partial charge in [0, 0.05) is 23.9 Å². The molecule has 0 aromatic carbocycles. The van der Waals surface area contributed by atoms with Crippen LogP contribution in [0.25, 0.3) is 0 Å². The summed E-state index contributed by atoms with van der Waals surface area (Å²) in [7, 11) is 0. The monoisotopic (exact) mass is 305 g/mol. The molecule has 90 valence electrons. The predicted octanol–water partition coefficient (Wildman–Crippen LogP) is 5.28. The van der Waals surface area contributed by atoms with E-state index in [1.807, 2.05) is 25.1 Å². The topological polar surface area (TPSA) is 12.9 Å². The van der Waals surface area contributed by atoms with Crippen molar-refractivity contribution >= 4 is 46.1 Å². The Labute approximate surface area is 119 Å². The first-order valence-electron chi connectivity index (χ1n) is 5.07. The highest BCUT2D eigenvalue weighted by Gasteiger charge is 2.17. The van der Waals surface area contributed by atoms with E-state index in [1.54, 1.807) is 6.20 Å². The molecule has 0 aliphatic heterocycles. The fraction of sp³-hybridized carbons (Fsp3) is 0.250. The maximum absolute atomic E-state index is 6.35. The minimum Gasteiger partial charge on any atom is -0.261 e. The van der Waals surface area contributed by atoms with Crippen LogP contribution in [0.1, 0.15) is 22.2 Å². The van der Waals surface area contributed by atoms with Crippen LogP contribution >= 0.6 is 46.1 Å². The summed E-state index contributed by atoms with van der Waals surface area (Å²) in [5.74, 6) is 0. The molecule has 0 N–H and O–H groups in total. The van der Waals surface area contributed by atoms with Crippen LogP contribution in [0.5, 0.6) is 0 Å². The first-order valence-corrected chi connectivity index (χ1v) is 7.08. The molecule has 0 fully saturated rings. The van der Waals surface area contributed by atoms with E-state index in [4.69, 9.17) is 34.8 Å². The number of thiophene rings is 1. The second kappa shape index (κ2) is 5.57. The molecule has 0 saturated carbocycles. The van der Waals surface area contributed by atoms with Crippen molar-refractivity contribution in [1.29, 1.82) is 0 Å². The van der Waals surface area contributed by atoms with E-state index in [0.717, 1.165) is 16.8 Å². The highest BCUT2D eigenvalue weighted by molar-refractivity contribution is 7.20. The highest BCUT2D eigenvalue weighted by Crippen LogP contribution is 2.38. The molecule has 0 saturated heterocycles. The molecule has 2 heterocycles. The summed E-state index contributed by atoms with van der Waals surface area (Å²) in [6, 6.07) is 5.76. The van der Waals surface area contributed by atoms with Crippen LogP contribution in [0.2, 0.25) is 8.67 Å². The number of alkyl halides is 1.